The molecule has 0 unspecified atom stereocenters. The molecule has 1 N–H and O–H groups in total. The van der Waals surface area contributed by atoms with E-state index in [1.165, 1.54) is 12.3 Å². The van der Waals surface area contributed by atoms with Crippen LogP contribution in [0.2, 0.25) is 0 Å². The molecule has 1 fully saturated rings. The summed E-state index contributed by atoms with van der Waals surface area (Å²) in [6.07, 6.45) is 1.22. The van der Waals surface area contributed by atoms with E-state index < -0.39 is 5.63 Å². The maximum Gasteiger partial charge on any atom is 0.343 e. The van der Waals surface area contributed by atoms with Gasteiger partial charge in [-0.2, -0.15) is 0 Å². The molecule has 7 heteroatoms. The molecule has 0 atom stereocenters. The minimum atomic E-state index is -0.454. The number of rotatable bonds is 5. The number of anilines is 1. The second-order valence-electron chi connectivity index (χ2n) is 7.02. The fourth-order valence-corrected chi connectivity index (χ4v) is 3.65. The Labute approximate surface area is 167 Å². The van der Waals surface area contributed by atoms with Gasteiger partial charge < -0.3 is 14.6 Å². The number of nitrogens with zero attached hydrogens (tertiary/aromatic N) is 2. The molecule has 1 saturated heterocycles. The molecule has 0 spiro atoms. The van der Waals surface area contributed by atoms with Gasteiger partial charge in [-0.1, -0.05) is 30.3 Å². The van der Waals surface area contributed by atoms with E-state index in [0.717, 1.165) is 26.2 Å². The normalized spacial score (nSPS) is 14.9. The van der Waals surface area contributed by atoms with E-state index in [1.54, 1.807) is 36.4 Å². The SMILES string of the molecule is O=C(NCCN1CCN(c2ccccc2F)CC1)c1coc(=O)c2ccccc12. The van der Waals surface area contributed by atoms with Crippen LogP contribution in [-0.4, -0.2) is 50.1 Å². The third-order valence-corrected chi connectivity index (χ3v) is 5.24. The van der Waals surface area contributed by atoms with Crippen molar-refractivity contribution in [3.05, 3.63) is 76.6 Å². The summed E-state index contributed by atoms with van der Waals surface area (Å²) in [5.41, 5.74) is 0.535. The molecule has 1 aromatic heterocycles. The van der Waals surface area contributed by atoms with Crippen molar-refractivity contribution >= 4 is 22.4 Å². The van der Waals surface area contributed by atoms with Crippen molar-refractivity contribution in [3.8, 4) is 0 Å². The molecule has 4 rings (SSSR count). The van der Waals surface area contributed by atoms with E-state index in [1.807, 2.05) is 11.0 Å². The monoisotopic (exact) mass is 395 g/mol. The van der Waals surface area contributed by atoms with Gasteiger partial charge in [-0.05, 0) is 18.2 Å². The van der Waals surface area contributed by atoms with Crippen LogP contribution in [0.3, 0.4) is 0 Å². The molecule has 29 heavy (non-hydrogen) atoms. The number of hydrogen-bond donors (Lipinski definition) is 1. The van der Waals surface area contributed by atoms with Gasteiger partial charge in [-0.3, -0.25) is 9.69 Å². The quantitative estimate of drug-likeness (QED) is 0.719. The fraction of sp³-hybridized carbons (Fsp3) is 0.273. The average molecular weight is 395 g/mol. The summed E-state index contributed by atoms with van der Waals surface area (Å²) < 4.78 is 18.9. The minimum Gasteiger partial charge on any atom is -0.430 e. The lowest BCUT2D eigenvalue weighted by Gasteiger charge is -2.36. The van der Waals surface area contributed by atoms with Crippen LogP contribution in [0.5, 0.6) is 0 Å². The van der Waals surface area contributed by atoms with Crippen molar-refractivity contribution in [3.63, 3.8) is 0 Å². The molecule has 6 nitrogen and oxygen atoms in total. The lowest BCUT2D eigenvalue weighted by molar-refractivity contribution is 0.0947. The van der Waals surface area contributed by atoms with Gasteiger partial charge in [-0.25, -0.2) is 9.18 Å². The highest BCUT2D eigenvalue weighted by Gasteiger charge is 2.19. The number of carbonyl (C=O) groups is 1. The van der Waals surface area contributed by atoms with Gasteiger partial charge in [0, 0.05) is 44.7 Å². The summed E-state index contributed by atoms with van der Waals surface area (Å²) in [4.78, 5) is 28.6. The molecule has 0 saturated carbocycles. The number of benzene rings is 2. The Bertz CT molecular complexity index is 1070. The van der Waals surface area contributed by atoms with Gasteiger partial charge in [0.15, 0.2) is 0 Å². The van der Waals surface area contributed by atoms with Gasteiger partial charge in [0.05, 0.1) is 16.6 Å². The first-order valence-electron chi connectivity index (χ1n) is 9.64. The first-order valence-corrected chi connectivity index (χ1v) is 9.64. The number of fused-ring (bicyclic) bond motifs is 1. The van der Waals surface area contributed by atoms with Crippen LogP contribution >= 0.6 is 0 Å². The van der Waals surface area contributed by atoms with Crippen LogP contribution in [0.1, 0.15) is 10.4 Å². The van der Waals surface area contributed by atoms with Gasteiger partial charge in [0.25, 0.3) is 5.91 Å². The molecular weight excluding hydrogens is 373 g/mol. The number of amides is 1. The zero-order valence-corrected chi connectivity index (χ0v) is 15.9. The zero-order valence-electron chi connectivity index (χ0n) is 15.9. The van der Waals surface area contributed by atoms with Crippen molar-refractivity contribution in [2.75, 3.05) is 44.2 Å². The van der Waals surface area contributed by atoms with Gasteiger partial charge in [0.1, 0.15) is 12.1 Å². The molecule has 150 valence electrons. The standard InChI is InChI=1S/C22H22FN3O3/c23-19-7-3-4-8-20(19)26-13-11-25(12-14-26)10-9-24-21(27)18-15-29-22(28)17-6-2-1-5-16(17)18/h1-8,15H,9-14H2,(H,24,27). The first-order chi connectivity index (χ1) is 14.1. The van der Waals surface area contributed by atoms with Crippen LogP contribution in [0.15, 0.2) is 64.0 Å². The summed E-state index contributed by atoms with van der Waals surface area (Å²) in [5.74, 6) is -0.468. The largest absolute Gasteiger partial charge is 0.430 e. The molecule has 3 aromatic rings. The maximum absolute atomic E-state index is 13.9. The topological polar surface area (TPSA) is 65.8 Å². The lowest BCUT2D eigenvalue weighted by Crippen LogP contribution is -2.48. The summed E-state index contributed by atoms with van der Waals surface area (Å²) in [6, 6.07) is 13.7. The van der Waals surface area contributed by atoms with Crippen LogP contribution < -0.4 is 15.8 Å². The van der Waals surface area contributed by atoms with Crippen molar-refractivity contribution in [1.82, 2.24) is 10.2 Å². The second kappa shape index (κ2) is 8.45. The van der Waals surface area contributed by atoms with Crippen LogP contribution in [0.25, 0.3) is 10.8 Å². The van der Waals surface area contributed by atoms with Crippen molar-refractivity contribution < 1.29 is 13.6 Å². The predicted octanol–water partition coefficient (Wildman–Crippen LogP) is 2.48. The highest BCUT2D eigenvalue weighted by molar-refractivity contribution is 6.06. The Balaban J connectivity index is 1.30. The Kier molecular flexibility index (Phi) is 5.57. The molecule has 1 amide bonds. The van der Waals surface area contributed by atoms with E-state index in [4.69, 9.17) is 4.42 Å². The smallest absolute Gasteiger partial charge is 0.343 e. The average Bonchev–Trinajstić information content (AvgIpc) is 2.75. The molecule has 0 aliphatic carbocycles. The van der Waals surface area contributed by atoms with E-state index in [9.17, 15) is 14.0 Å². The van der Waals surface area contributed by atoms with E-state index in [2.05, 4.69) is 10.2 Å². The molecule has 1 aliphatic rings. The third kappa shape index (κ3) is 4.14. The summed E-state index contributed by atoms with van der Waals surface area (Å²) in [7, 11) is 0. The Morgan fingerprint density at radius 3 is 2.45 bits per heavy atom. The Hall–Kier alpha value is -3.19. The summed E-state index contributed by atoms with van der Waals surface area (Å²) >= 11 is 0. The molecule has 2 aromatic carbocycles. The molecule has 0 radical (unpaired) electrons. The van der Waals surface area contributed by atoms with E-state index >= 15 is 0 Å². The minimum absolute atomic E-state index is 0.199. The Morgan fingerprint density at radius 2 is 1.69 bits per heavy atom. The molecule has 0 bridgehead atoms. The zero-order chi connectivity index (χ0) is 20.2. The van der Waals surface area contributed by atoms with Crippen molar-refractivity contribution in [2.45, 2.75) is 0 Å². The van der Waals surface area contributed by atoms with Crippen LogP contribution in [0, 0.1) is 5.82 Å². The number of hydrogen-bond acceptors (Lipinski definition) is 5. The third-order valence-electron chi connectivity index (χ3n) is 5.24. The number of carbonyl (C=O) groups excluding carboxylic acids is 1. The molecular formula is C22H22FN3O3. The number of para-hydroxylation sites is 1. The predicted molar refractivity (Wildman–Crippen MR) is 110 cm³/mol. The van der Waals surface area contributed by atoms with Crippen LogP contribution in [-0.2, 0) is 0 Å². The van der Waals surface area contributed by atoms with E-state index in [0.29, 0.717) is 35.1 Å². The maximum atomic E-state index is 13.9. The van der Waals surface area contributed by atoms with Crippen molar-refractivity contribution in [1.29, 1.82) is 0 Å². The molecule has 1 aliphatic heterocycles. The summed E-state index contributed by atoms with van der Waals surface area (Å²) in [5, 5.41) is 3.87. The Morgan fingerprint density at radius 1 is 1.00 bits per heavy atom. The van der Waals surface area contributed by atoms with Crippen molar-refractivity contribution in [2.24, 2.45) is 0 Å². The lowest BCUT2D eigenvalue weighted by atomic mass is 10.1. The second-order valence-corrected chi connectivity index (χ2v) is 7.02. The molecule has 2 heterocycles. The fourth-order valence-electron chi connectivity index (χ4n) is 3.65. The van der Waals surface area contributed by atoms with Gasteiger partial charge >= 0.3 is 5.63 Å². The van der Waals surface area contributed by atoms with E-state index in [-0.39, 0.29) is 11.7 Å². The first kappa shape index (κ1) is 19.1. The van der Waals surface area contributed by atoms with Gasteiger partial charge in [-0.15, -0.1) is 0 Å². The van der Waals surface area contributed by atoms with Gasteiger partial charge in [0.2, 0.25) is 0 Å². The number of piperazine rings is 1. The number of halogens is 1. The highest BCUT2D eigenvalue weighted by atomic mass is 19.1. The highest BCUT2D eigenvalue weighted by Crippen LogP contribution is 2.20. The summed E-state index contributed by atoms with van der Waals surface area (Å²) in [6.45, 7) is 4.25. The van der Waals surface area contributed by atoms with Crippen LogP contribution in [0.4, 0.5) is 10.1 Å². The number of nitrogens with one attached hydrogen (secondary N) is 1.